The van der Waals surface area contributed by atoms with Gasteiger partial charge in [-0.3, -0.25) is 9.79 Å². The molecule has 33 heavy (non-hydrogen) atoms. The summed E-state index contributed by atoms with van der Waals surface area (Å²) in [6, 6.07) is 8.21. The second kappa shape index (κ2) is 18.4. The lowest BCUT2D eigenvalue weighted by Gasteiger charge is -2.09. The molecule has 0 radical (unpaired) electrons. The van der Waals surface area contributed by atoms with Crippen LogP contribution in [0.25, 0.3) is 0 Å². The van der Waals surface area contributed by atoms with Crippen LogP contribution in [-0.4, -0.2) is 66.6 Å². The van der Waals surface area contributed by atoms with Gasteiger partial charge in [0.05, 0.1) is 16.6 Å². The number of halogens is 4. The number of ether oxygens (including phenoxy) is 4. The number of aliphatic imine (C=N–C) groups is 1. The van der Waals surface area contributed by atoms with Gasteiger partial charge in [-0.05, 0) is 35.9 Å². The summed E-state index contributed by atoms with van der Waals surface area (Å²) in [5, 5.41) is 0.0589. The minimum Gasteiger partial charge on any atom is -0.355 e. The van der Waals surface area contributed by atoms with Gasteiger partial charge in [-0.25, -0.2) is 8.78 Å². The Morgan fingerprint density at radius 3 is 1.70 bits per heavy atom. The average Bonchev–Trinajstić information content (AvgIpc) is 2.83. The maximum atomic E-state index is 12.8. The van der Waals surface area contributed by atoms with E-state index in [4.69, 9.17) is 47.9 Å². The number of carbonyl (C=O) groups excluding carboxylic acids is 1. The molecule has 2 aromatic rings. The Hall–Kier alpha value is -1.98. The maximum Gasteiger partial charge on any atom is 0.176 e. The number of nitrogens with two attached hydrogens (primary N) is 1. The summed E-state index contributed by atoms with van der Waals surface area (Å²) < 4.78 is 44.5. The lowest BCUT2D eigenvalue weighted by molar-refractivity contribution is -0.0940. The van der Waals surface area contributed by atoms with Crippen LogP contribution in [0.4, 0.5) is 8.78 Å². The largest absolute Gasteiger partial charge is 0.355 e. The molecule has 0 heterocycles. The first-order valence-electron chi connectivity index (χ1n) is 9.42. The highest BCUT2D eigenvalue weighted by molar-refractivity contribution is 6.31. The molecule has 184 valence electrons. The summed E-state index contributed by atoms with van der Waals surface area (Å²) in [5.41, 5.74) is 6.26. The molecule has 2 aromatic carbocycles. The van der Waals surface area contributed by atoms with Crippen LogP contribution in [0.1, 0.15) is 15.9 Å². The summed E-state index contributed by atoms with van der Waals surface area (Å²) in [6.45, 7) is 0.787. The molecule has 2 N–H and O–H groups in total. The van der Waals surface area contributed by atoms with Crippen molar-refractivity contribution >= 4 is 35.7 Å². The van der Waals surface area contributed by atoms with Crippen LogP contribution in [0.15, 0.2) is 41.4 Å². The smallest absolute Gasteiger partial charge is 0.176 e. The minimum absolute atomic E-state index is 0.0235. The van der Waals surface area contributed by atoms with E-state index in [9.17, 15) is 13.6 Å². The first-order chi connectivity index (χ1) is 15.8. The molecule has 7 nitrogen and oxygen atoms in total. The predicted octanol–water partition coefficient (Wildman–Crippen LogP) is 4.37. The summed E-state index contributed by atoms with van der Waals surface area (Å²) in [6.07, 6.45) is 1.61. The molecule has 0 aromatic heterocycles. The van der Waals surface area contributed by atoms with Crippen molar-refractivity contribution in [2.45, 2.75) is 12.6 Å². The molecule has 0 aliphatic rings. The lowest BCUT2D eigenvalue weighted by atomic mass is 10.2. The predicted molar refractivity (Wildman–Crippen MR) is 125 cm³/mol. The zero-order chi connectivity index (χ0) is 25.2. The Kier molecular flexibility index (Phi) is 17.3. The van der Waals surface area contributed by atoms with E-state index in [1.54, 1.807) is 40.7 Å². The second-order valence-corrected chi connectivity index (χ2v) is 6.81. The quantitative estimate of drug-likeness (QED) is 0.307. The van der Waals surface area contributed by atoms with Gasteiger partial charge in [0.25, 0.3) is 0 Å². The molecular formula is C22H28Cl2F2N2O5. The Morgan fingerprint density at radius 2 is 1.33 bits per heavy atom. The average molecular weight is 509 g/mol. The fourth-order valence-corrected chi connectivity index (χ4v) is 2.33. The number of hydrogen-bond donors (Lipinski definition) is 1. The van der Waals surface area contributed by atoms with E-state index in [2.05, 4.69) is 4.99 Å². The van der Waals surface area contributed by atoms with Gasteiger partial charge in [-0.1, -0.05) is 29.3 Å². The third kappa shape index (κ3) is 13.3. The fourth-order valence-electron chi connectivity index (χ4n) is 1.96. The molecule has 2 rings (SSSR count). The molecule has 0 saturated heterocycles. The number of methoxy groups -OCH3 is 4. The van der Waals surface area contributed by atoms with Crippen molar-refractivity contribution in [1.82, 2.24) is 0 Å². The third-order valence-electron chi connectivity index (χ3n) is 3.76. The van der Waals surface area contributed by atoms with Gasteiger partial charge in [0, 0.05) is 46.8 Å². The second-order valence-electron chi connectivity index (χ2n) is 6.00. The highest BCUT2D eigenvalue weighted by Crippen LogP contribution is 2.15. The van der Waals surface area contributed by atoms with Gasteiger partial charge < -0.3 is 24.7 Å². The number of hydrogen-bond acceptors (Lipinski definition) is 7. The van der Waals surface area contributed by atoms with Crippen molar-refractivity contribution in [1.29, 1.82) is 0 Å². The maximum absolute atomic E-state index is 12.8. The number of carbonyl (C=O) groups is 1. The van der Waals surface area contributed by atoms with E-state index in [0.29, 0.717) is 24.9 Å². The Bertz CT molecular complexity index is 846. The lowest BCUT2D eigenvalue weighted by Crippen LogP contribution is -2.23. The van der Waals surface area contributed by atoms with Crippen LogP contribution in [0, 0.1) is 11.6 Å². The first kappa shape index (κ1) is 31.0. The van der Waals surface area contributed by atoms with Gasteiger partial charge in [0.1, 0.15) is 17.9 Å². The van der Waals surface area contributed by atoms with E-state index in [1.807, 2.05) is 0 Å². The van der Waals surface area contributed by atoms with Gasteiger partial charge in [0.2, 0.25) is 0 Å². The third-order valence-corrected chi connectivity index (χ3v) is 4.34. The molecule has 0 unspecified atom stereocenters. The monoisotopic (exact) mass is 508 g/mol. The molecule has 0 saturated carbocycles. The molecule has 0 fully saturated rings. The molecule has 0 aliphatic heterocycles. The Labute approximate surface area is 202 Å². The highest BCUT2D eigenvalue weighted by atomic mass is 35.5. The standard InChI is InChI=1S/C11H13ClFNO2.C7H4ClFO.C4H11NO2/c1-15-11(16-2)7-14-6-8-3-4-10(13)9(12)5-8;8-6-3-5(4-10)1-2-7(6)9;1-6-4(3-5)7-2/h3-6,11H,7H2,1-2H3;1-4H;4H,3,5H2,1-2H3. The van der Waals surface area contributed by atoms with Crippen LogP contribution < -0.4 is 5.73 Å². The van der Waals surface area contributed by atoms with Crippen LogP contribution in [0.2, 0.25) is 10.0 Å². The van der Waals surface area contributed by atoms with Crippen LogP contribution in [0.3, 0.4) is 0 Å². The molecule has 0 spiro atoms. The number of benzene rings is 2. The number of aldehydes is 1. The Morgan fingerprint density at radius 1 is 0.879 bits per heavy atom. The van der Waals surface area contributed by atoms with Gasteiger partial charge in [0.15, 0.2) is 12.6 Å². The zero-order valence-electron chi connectivity index (χ0n) is 18.8. The van der Waals surface area contributed by atoms with Crippen molar-refractivity contribution in [3.8, 4) is 0 Å². The van der Waals surface area contributed by atoms with Crippen LogP contribution >= 0.6 is 23.2 Å². The first-order valence-corrected chi connectivity index (χ1v) is 10.2. The van der Waals surface area contributed by atoms with Gasteiger partial charge in [-0.2, -0.15) is 0 Å². The molecule has 11 heteroatoms. The molecule has 0 aliphatic carbocycles. The summed E-state index contributed by atoms with van der Waals surface area (Å²) in [5.74, 6) is -0.947. The van der Waals surface area contributed by atoms with E-state index in [1.165, 1.54) is 24.3 Å². The number of rotatable bonds is 9. The highest BCUT2D eigenvalue weighted by Gasteiger charge is 2.02. The zero-order valence-corrected chi connectivity index (χ0v) is 20.3. The minimum atomic E-state index is -0.507. The van der Waals surface area contributed by atoms with Crippen molar-refractivity contribution < 1.29 is 32.5 Å². The molecule has 0 atom stereocenters. The SMILES string of the molecule is COC(CN)OC.COC(CN=Cc1ccc(F)c(Cl)c1)OC.O=Cc1ccc(F)c(Cl)c1. The van der Waals surface area contributed by atoms with E-state index < -0.39 is 11.6 Å². The fraction of sp³-hybridized carbons (Fsp3) is 0.364. The molecule has 0 amide bonds. The topological polar surface area (TPSA) is 92.4 Å². The van der Waals surface area contributed by atoms with E-state index in [0.717, 1.165) is 11.6 Å². The van der Waals surface area contributed by atoms with Crippen LogP contribution in [-0.2, 0) is 18.9 Å². The Balaban J connectivity index is 0.000000514. The van der Waals surface area contributed by atoms with Crippen molar-refractivity contribution in [2.75, 3.05) is 41.5 Å². The van der Waals surface area contributed by atoms with Gasteiger partial charge >= 0.3 is 0 Å². The van der Waals surface area contributed by atoms with Crippen LogP contribution in [0.5, 0.6) is 0 Å². The normalized spacial score (nSPS) is 10.6. The summed E-state index contributed by atoms with van der Waals surface area (Å²) in [4.78, 5) is 14.2. The summed E-state index contributed by atoms with van der Waals surface area (Å²) >= 11 is 11.0. The molecular weight excluding hydrogens is 481 g/mol. The van der Waals surface area contributed by atoms with E-state index in [-0.39, 0.29) is 22.6 Å². The van der Waals surface area contributed by atoms with E-state index >= 15 is 0 Å². The number of nitrogens with zero attached hydrogens (tertiary/aromatic N) is 1. The molecule has 0 bridgehead atoms. The van der Waals surface area contributed by atoms with Crippen molar-refractivity contribution in [3.05, 3.63) is 69.2 Å². The van der Waals surface area contributed by atoms with Crippen molar-refractivity contribution in [2.24, 2.45) is 10.7 Å². The van der Waals surface area contributed by atoms with Gasteiger partial charge in [-0.15, -0.1) is 0 Å². The van der Waals surface area contributed by atoms with Crippen molar-refractivity contribution in [3.63, 3.8) is 0 Å². The summed E-state index contributed by atoms with van der Waals surface area (Å²) in [7, 11) is 6.19.